The van der Waals surface area contributed by atoms with Gasteiger partial charge in [0.2, 0.25) is 0 Å². The topological polar surface area (TPSA) is 50.8 Å². The maximum atomic E-state index is 12.2. The summed E-state index contributed by atoms with van der Waals surface area (Å²) < 4.78 is 10.8. The Hall–Kier alpha value is -1.62. The van der Waals surface area contributed by atoms with E-state index in [4.69, 9.17) is 21.1 Å². The molecule has 1 N–H and O–H groups in total. The average Bonchev–Trinajstić information content (AvgIpc) is 2.49. The van der Waals surface area contributed by atoms with Crippen LogP contribution in [-0.4, -0.2) is 42.8 Å². The van der Waals surface area contributed by atoms with E-state index in [2.05, 4.69) is 12.2 Å². The molecule has 0 spiro atoms. The largest absolute Gasteiger partial charge is 0.495 e. The molecule has 0 unspecified atom stereocenters. The van der Waals surface area contributed by atoms with E-state index in [0.29, 0.717) is 24.0 Å². The van der Waals surface area contributed by atoms with E-state index in [9.17, 15) is 4.79 Å². The first-order valence-corrected chi connectivity index (χ1v) is 8.65. The summed E-state index contributed by atoms with van der Waals surface area (Å²) in [6.45, 7) is 9.13. The highest BCUT2D eigenvalue weighted by Gasteiger charge is 2.31. The van der Waals surface area contributed by atoms with Crippen molar-refractivity contribution in [1.82, 2.24) is 4.90 Å². The number of methoxy groups -OCH3 is 1. The first-order valence-electron chi connectivity index (χ1n) is 8.27. The van der Waals surface area contributed by atoms with Crippen LogP contribution in [0.1, 0.15) is 34.1 Å². The Morgan fingerprint density at radius 2 is 2.08 bits per heavy atom. The first kappa shape index (κ1) is 18.7. The van der Waals surface area contributed by atoms with Gasteiger partial charge in [0, 0.05) is 30.2 Å². The number of carbonyl (C=O) groups excluding carboxylic acids is 1. The molecule has 2 rings (SSSR count). The van der Waals surface area contributed by atoms with Gasteiger partial charge in [0.15, 0.2) is 0 Å². The van der Waals surface area contributed by atoms with Crippen molar-refractivity contribution in [3.63, 3.8) is 0 Å². The molecule has 1 aromatic carbocycles. The van der Waals surface area contributed by atoms with Crippen molar-refractivity contribution in [2.45, 2.75) is 45.8 Å². The number of rotatable bonds is 3. The van der Waals surface area contributed by atoms with E-state index >= 15 is 0 Å². The summed E-state index contributed by atoms with van der Waals surface area (Å²) in [7, 11) is 1.63. The molecule has 2 atom stereocenters. The molecule has 1 heterocycles. The second-order valence-electron chi connectivity index (χ2n) is 7.29. The van der Waals surface area contributed by atoms with Crippen LogP contribution in [-0.2, 0) is 4.74 Å². The van der Waals surface area contributed by atoms with Crippen molar-refractivity contribution in [3.8, 4) is 5.75 Å². The van der Waals surface area contributed by atoms with Gasteiger partial charge in [0.05, 0.1) is 12.8 Å². The zero-order valence-corrected chi connectivity index (χ0v) is 15.8. The highest BCUT2D eigenvalue weighted by atomic mass is 35.5. The number of likely N-dealkylation sites (tertiary alicyclic amines) is 1. The lowest BCUT2D eigenvalue weighted by Crippen LogP contribution is -2.49. The summed E-state index contributed by atoms with van der Waals surface area (Å²) in [5, 5.41) is 4.17. The molecule has 1 saturated heterocycles. The lowest BCUT2D eigenvalue weighted by molar-refractivity contribution is 0.0165. The Morgan fingerprint density at radius 3 is 2.67 bits per heavy atom. The third-order valence-electron chi connectivity index (χ3n) is 4.06. The van der Waals surface area contributed by atoms with Crippen LogP contribution in [0.5, 0.6) is 5.75 Å². The van der Waals surface area contributed by atoms with E-state index in [1.165, 1.54) is 0 Å². The maximum Gasteiger partial charge on any atom is 0.410 e. The minimum Gasteiger partial charge on any atom is -0.495 e. The molecule has 0 aromatic heterocycles. The molecule has 0 radical (unpaired) electrons. The molecule has 5 nitrogen and oxygen atoms in total. The van der Waals surface area contributed by atoms with Crippen molar-refractivity contribution in [1.29, 1.82) is 0 Å². The van der Waals surface area contributed by atoms with Gasteiger partial charge in [-0.3, -0.25) is 0 Å². The zero-order chi connectivity index (χ0) is 17.9. The number of carbonyl (C=O) groups is 1. The molecule has 1 aliphatic heterocycles. The fraction of sp³-hybridized carbons (Fsp3) is 0.611. The summed E-state index contributed by atoms with van der Waals surface area (Å²) in [5.41, 5.74) is 0.455. The monoisotopic (exact) mass is 354 g/mol. The van der Waals surface area contributed by atoms with Crippen molar-refractivity contribution >= 4 is 23.4 Å². The molecule has 1 fully saturated rings. The zero-order valence-electron chi connectivity index (χ0n) is 15.1. The van der Waals surface area contributed by atoms with Gasteiger partial charge in [-0.05, 0) is 45.2 Å². The fourth-order valence-electron chi connectivity index (χ4n) is 2.84. The smallest absolute Gasteiger partial charge is 0.410 e. The molecule has 6 heteroatoms. The molecule has 1 aliphatic rings. The molecule has 1 amide bonds. The molecular weight excluding hydrogens is 328 g/mol. The van der Waals surface area contributed by atoms with Crippen LogP contribution in [0, 0.1) is 5.92 Å². The van der Waals surface area contributed by atoms with E-state index in [1.54, 1.807) is 18.1 Å². The van der Waals surface area contributed by atoms with Gasteiger partial charge in [-0.1, -0.05) is 18.5 Å². The number of piperidine rings is 1. The van der Waals surface area contributed by atoms with Gasteiger partial charge in [-0.15, -0.1) is 0 Å². The summed E-state index contributed by atoms with van der Waals surface area (Å²) in [4.78, 5) is 14.0. The van der Waals surface area contributed by atoms with Crippen LogP contribution in [0.25, 0.3) is 0 Å². The second kappa shape index (κ2) is 7.51. The van der Waals surface area contributed by atoms with Crippen molar-refractivity contribution in [3.05, 3.63) is 23.2 Å². The summed E-state index contributed by atoms with van der Waals surface area (Å²) in [6, 6.07) is 5.82. The van der Waals surface area contributed by atoms with Crippen LogP contribution < -0.4 is 10.1 Å². The Kier molecular flexibility index (Phi) is 5.86. The Bertz CT molecular complexity index is 586. The van der Waals surface area contributed by atoms with E-state index < -0.39 is 5.60 Å². The predicted octanol–water partition coefficient (Wildman–Crippen LogP) is 4.41. The van der Waals surface area contributed by atoms with Gasteiger partial charge in [-0.2, -0.15) is 0 Å². The van der Waals surface area contributed by atoms with Gasteiger partial charge in [-0.25, -0.2) is 4.79 Å². The lowest BCUT2D eigenvalue weighted by atomic mass is 9.93. The number of nitrogens with one attached hydrogen (secondary N) is 1. The molecule has 0 saturated carbocycles. The minimum atomic E-state index is -0.466. The van der Waals surface area contributed by atoms with Crippen LogP contribution in [0.2, 0.25) is 5.02 Å². The normalized spacial score (nSPS) is 21.3. The van der Waals surface area contributed by atoms with Crippen LogP contribution >= 0.6 is 11.6 Å². The van der Waals surface area contributed by atoms with E-state index in [0.717, 1.165) is 17.9 Å². The van der Waals surface area contributed by atoms with Crippen LogP contribution in [0.3, 0.4) is 0 Å². The van der Waals surface area contributed by atoms with Gasteiger partial charge >= 0.3 is 6.09 Å². The number of anilines is 1. The number of halogens is 1. The van der Waals surface area contributed by atoms with Gasteiger partial charge < -0.3 is 19.7 Å². The highest BCUT2D eigenvalue weighted by Crippen LogP contribution is 2.31. The number of hydrogen-bond donors (Lipinski definition) is 1. The summed E-state index contributed by atoms with van der Waals surface area (Å²) in [5.74, 6) is 1.02. The fourth-order valence-corrected chi connectivity index (χ4v) is 3.00. The molecule has 134 valence electrons. The van der Waals surface area contributed by atoms with Crippen molar-refractivity contribution in [2.75, 3.05) is 25.5 Å². The summed E-state index contributed by atoms with van der Waals surface area (Å²) >= 11 is 6.01. The maximum absolute atomic E-state index is 12.2. The third kappa shape index (κ3) is 4.94. The average molecular weight is 355 g/mol. The Balaban J connectivity index is 1.98. The number of benzene rings is 1. The predicted molar refractivity (Wildman–Crippen MR) is 97.0 cm³/mol. The number of hydrogen-bond acceptors (Lipinski definition) is 4. The standard InChI is InChI=1S/C18H27ClN2O3/c1-12-11-21(17(22)24-18(2,3)4)9-8-14(12)20-15-7-6-13(19)10-16(15)23-5/h6-7,10,12,14,20H,8-9,11H2,1-5H3/t12-,14+/m1/s1. The van der Waals surface area contributed by atoms with Gasteiger partial charge in [0.1, 0.15) is 11.4 Å². The van der Waals surface area contributed by atoms with Gasteiger partial charge in [0.25, 0.3) is 0 Å². The van der Waals surface area contributed by atoms with E-state index in [-0.39, 0.29) is 12.1 Å². The number of nitrogens with zero attached hydrogens (tertiary/aromatic N) is 1. The van der Waals surface area contributed by atoms with Crippen LogP contribution in [0.4, 0.5) is 10.5 Å². The molecule has 24 heavy (non-hydrogen) atoms. The Labute approximate surface area is 149 Å². The second-order valence-corrected chi connectivity index (χ2v) is 7.72. The van der Waals surface area contributed by atoms with E-state index in [1.807, 2.05) is 32.9 Å². The minimum absolute atomic E-state index is 0.239. The summed E-state index contributed by atoms with van der Waals surface area (Å²) in [6.07, 6.45) is 0.614. The quantitative estimate of drug-likeness (QED) is 0.873. The number of amides is 1. The highest BCUT2D eigenvalue weighted by molar-refractivity contribution is 6.30. The SMILES string of the molecule is COc1cc(Cl)ccc1N[C@H]1CCN(C(=O)OC(C)(C)C)C[C@H]1C. The van der Waals surface area contributed by atoms with Crippen LogP contribution in [0.15, 0.2) is 18.2 Å². The molecule has 0 aliphatic carbocycles. The molecule has 1 aromatic rings. The third-order valence-corrected chi connectivity index (χ3v) is 4.30. The molecular formula is C18H27ClN2O3. The molecule has 0 bridgehead atoms. The Morgan fingerprint density at radius 1 is 1.38 bits per heavy atom. The van der Waals surface area contributed by atoms with Crippen molar-refractivity contribution < 1.29 is 14.3 Å². The van der Waals surface area contributed by atoms with Crippen molar-refractivity contribution in [2.24, 2.45) is 5.92 Å². The first-order chi connectivity index (χ1) is 11.2. The number of ether oxygens (including phenoxy) is 2. The lowest BCUT2D eigenvalue weighted by Gasteiger charge is -2.38.